The molecule has 0 bridgehead atoms. The van der Waals surface area contributed by atoms with Gasteiger partial charge in [-0.1, -0.05) is 12.2 Å². The highest BCUT2D eigenvalue weighted by Gasteiger charge is 2.18. The minimum atomic E-state index is -0.447. The fourth-order valence-electron chi connectivity index (χ4n) is 1.54. The molecule has 86 valence electrons. The Bertz CT molecular complexity index is 405. The number of thiocarbonyl (C=S) groups is 1. The van der Waals surface area contributed by atoms with Gasteiger partial charge in [-0.05, 0) is 18.2 Å². The molecule has 0 spiro atoms. The van der Waals surface area contributed by atoms with Crippen molar-refractivity contribution < 1.29 is 13.9 Å². The Balaban J connectivity index is 2.12. The highest BCUT2D eigenvalue weighted by atomic mass is 32.1. The number of halogens is 1. The van der Waals surface area contributed by atoms with Crippen LogP contribution in [0.4, 0.5) is 4.39 Å². The molecule has 1 aliphatic heterocycles. The normalized spacial score (nSPS) is 19.7. The number of benzene rings is 1. The van der Waals surface area contributed by atoms with Crippen LogP contribution in [0.15, 0.2) is 18.2 Å². The lowest BCUT2D eigenvalue weighted by Gasteiger charge is -2.12. The molecule has 2 N–H and O–H groups in total. The largest absolute Gasteiger partial charge is 0.485 e. The van der Waals surface area contributed by atoms with Crippen LogP contribution in [0.25, 0.3) is 0 Å². The van der Waals surface area contributed by atoms with Crippen molar-refractivity contribution in [2.45, 2.75) is 12.5 Å². The molecule has 1 atom stereocenters. The Kier molecular flexibility index (Phi) is 3.36. The fraction of sp³-hybridized carbons (Fsp3) is 0.364. The van der Waals surface area contributed by atoms with E-state index in [4.69, 9.17) is 27.4 Å². The van der Waals surface area contributed by atoms with Crippen LogP contribution in [0, 0.1) is 5.82 Å². The first-order valence-electron chi connectivity index (χ1n) is 5.00. The summed E-state index contributed by atoms with van der Waals surface area (Å²) in [5.74, 6) is -0.229. The van der Waals surface area contributed by atoms with Crippen LogP contribution >= 0.6 is 12.2 Å². The van der Waals surface area contributed by atoms with Gasteiger partial charge >= 0.3 is 0 Å². The van der Waals surface area contributed by atoms with Crippen molar-refractivity contribution in [2.24, 2.45) is 5.73 Å². The molecular weight excluding hydrogens is 229 g/mol. The molecular formula is C11H12FNO2S. The molecule has 1 saturated heterocycles. The van der Waals surface area contributed by atoms with Crippen molar-refractivity contribution in [3.8, 4) is 5.75 Å². The van der Waals surface area contributed by atoms with E-state index in [1.165, 1.54) is 6.07 Å². The standard InChI is InChI=1S/C11H12FNO2S/c12-9-5-7(11(13)16)1-2-10(9)15-8-3-4-14-6-8/h1-2,5,8H,3-4,6H2,(H2,13,16). The maximum Gasteiger partial charge on any atom is 0.165 e. The number of nitrogens with two attached hydrogens (primary N) is 1. The third kappa shape index (κ3) is 2.48. The second-order valence-electron chi connectivity index (χ2n) is 3.61. The number of hydrogen-bond donors (Lipinski definition) is 1. The summed E-state index contributed by atoms with van der Waals surface area (Å²) in [5, 5.41) is 0. The van der Waals surface area contributed by atoms with Crippen LogP contribution in [-0.4, -0.2) is 24.3 Å². The molecule has 1 aromatic carbocycles. The molecule has 1 aromatic rings. The fourth-order valence-corrected chi connectivity index (χ4v) is 1.66. The Morgan fingerprint density at radius 3 is 2.94 bits per heavy atom. The average molecular weight is 241 g/mol. The lowest BCUT2D eigenvalue weighted by atomic mass is 10.2. The summed E-state index contributed by atoms with van der Waals surface area (Å²) in [5.41, 5.74) is 5.90. The predicted molar refractivity (Wildman–Crippen MR) is 62.1 cm³/mol. The van der Waals surface area contributed by atoms with Gasteiger partial charge < -0.3 is 15.2 Å². The smallest absolute Gasteiger partial charge is 0.165 e. The zero-order valence-corrected chi connectivity index (χ0v) is 9.43. The van der Waals surface area contributed by atoms with E-state index >= 15 is 0 Å². The third-order valence-electron chi connectivity index (χ3n) is 2.40. The SMILES string of the molecule is NC(=S)c1ccc(OC2CCOC2)c(F)c1. The summed E-state index contributed by atoms with van der Waals surface area (Å²) < 4.78 is 24.2. The first kappa shape index (κ1) is 11.3. The van der Waals surface area contributed by atoms with Crippen molar-refractivity contribution in [1.82, 2.24) is 0 Å². The predicted octanol–water partition coefficient (Wildman–Crippen LogP) is 1.63. The molecule has 16 heavy (non-hydrogen) atoms. The van der Waals surface area contributed by atoms with Crippen LogP contribution in [0.3, 0.4) is 0 Å². The molecule has 1 aliphatic rings. The van der Waals surface area contributed by atoms with E-state index in [9.17, 15) is 4.39 Å². The Hall–Kier alpha value is -1.20. The summed E-state index contributed by atoms with van der Waals surface area (Å²) in [6.45, 7) is 1.17. The van der Waals surface area contributed by atoms with Gasteiger partial charge in [0.2, 0.25) is 0 Å². The Morgan fingerprint density at radius 1 is 1.56 bits per heavy atom. The summed E-state index contributed by atoms with van der Waals surface area (Å²) >= 11 is 4.76. The Morgan fingerprint density at radius 2 is 2.38 bits per heavy atom. The highest BCUT2D eigenvalue weighted by molar-refractivity contribution is 7.80. The maximum atomic E-state index is 13.6. The summed E-state index contributed by atoms with van der Waals surface area (Å²) in [6, 6.07) is 4.48. The maximum absolute atomic E-state index is 13.6. The molecule has 1 fully saturated rings. The van der Waals surface area contributed by atoms with Gasteiger partial charge in [-0.15, -0.1) is 0 Å². The van der Waals surface area contributed by atoms with Gasteiger partial charge in [0.25, 0.3) is 0 Å². The van der Waals surface area contributed by atoms with Crippen molar-refractivity contribution in [2.75, 3.05) is 13.2 Å². The molecule has 5 heteroatoms. The van der Waals surface area contributed by atoms with E-state index < -0.39 is 5.82 Å². The van der Waals surface area contributed by atoms with Crippen LogP contribution in [0.1, 0.15) is 12.0 Å². The third-order valence-corrected chi connectivity index (χ3v) is 2.63. The van der Waals surface area contributed by atoms with Gasteiger partial charge in [0.15, 0.2) is 11.6 Å². The zero-order chi connectivity index (χ0) is 11.5. The number of hydrogen-bond acceptors (Lipinski definition) is 3. The van der Waals surface area contributed by atoms with Gasteiger partial charge in [0.1, 0.15) is 11.1 Å². The molecule has 2 rings (SSSR count). The van der Waals surface area contributed by atoms with Gasteiger partial charge in [0, 0.05) is 12.0 Å². The van der Waals surface area contributed by atoms with E-state index in [-0.39, 0.29) is 16.8 Å². The number of ether oxygens (including phenoxy) is 2. The summed E-state index contributed by atoms with van der Waals surface area (Å²) in [6.07, 6.45) is 0.724. The quantitative estimate of drug-likeness (QED) is 0.817. The van der Waals surface area contributed by atoms with Crippen molar-refractivity contribution in [1.29, 1.82) is 0 Å². The topological polar surface area (TPSA) is 44.5 Å². The minimum Gasteiger partial charge on any atom is -0.485 e. The highest BCUT2D eigenvalue weighted by Crippen LogP contribution is 2.21. The first-order chi connectivity index (χ1) is 7.66. The number of rotatable bonds is 3. The zero-order valence-electron chi connectivity index (χ0n) is 8.61. The molecule has 1 heterocycles. The molecule has 0 aliphatic carbocycles. The van der Waals surface area contributed by atoms with Crippen molar-refractivity contribution >= 4 is 17.2 Å². The molecule has 0 saturated carbocycles. The molecule has 3 nitrogen and oxygen atoms in total. The Labute approximate surface area is 98.3 Å². The van der Waals surface area contributed by atoms with E-state index in [1.54, 1.807) is 12.1 Å². The lowest BCUT2D eigenvalue weighted by molar-refractivity contribution is 0.138. The van der Waals surface area contributed by atoms with Crippen LogP contribution < -0.4 is 10.5 Å². The van der Waals surface area contributed by atoms with Crippen molar-refractivity contribution in [3.05, 3.63) is 29.6 Å². The second-order valence-corrected chi connectivity index (χ2v) is 4.05. The van der Waals surface area contributed by atoms with Gasteiger partial charge in [-0.3, -0.25) is 0 Å². The van der Waals surface area contributed by atoms with E-state index in [2.05, 4.69) is 0 Å². The molecule has 0 amide bonds. The molecule has 1 unspecified atom stereocenters. The van der Waals surface area contributed by atoms with Crippen LogP contribution in [0.5, 0.6) is 5.75 Å². The van der Waals surface area contributed by atoms with Crippen LogP contribution in [0.2, 0.25) is 0 Å². The van der Waals surface area contributed by atoms with E-state index in [0.717, 1.165) is 6.42 Å². The van der Waals surface area contributed by atoms with E-state index in [0.29, 0.717) is 18.8 Å². The average Bonchev–Trinajstić information content (AvgIpc) is 2.73. The van der Waals surface area contributed by atoms with Gasteiger partial charge in [-0.25, -0.2) is 4.39 Å². The minimum absolute atomic E-state index is 0.0646. The van der Waals surface area contributed by atoms with Gasteiger partial charge in [-0.2, -0.15) is 0 Å². The molecule has 0 radical (unpaired) electrons. The van der Waals surface area contributed by atoms with Crippen LogP contribution in [-0.2, 0) is 4.74 Å². The first-order valence-corrected chi connectivity index (χ1v) is 5.41. The molecule has 0 aromatic heterocycles. The summed E-state index contributed by atoms with van der Waals surface area (Å²) in [4.78, 5) is 0.176. The lowest BCUT2D eigenvalue weighted by Crippen LogP contribution is -2.17. The summed E-state index contributed by atoms with van der Waals surface area (Å²) in [7, 11) is 0. The van der Waals surface area contributed by atoms with Crippen molar-refractivity contribution in [3.63, 3.8) is 0 Å². The van der Waals surface area contributed by atoms with Gasteiger partial charge in [0.05, 0.1) is 13.2 Å². The second kappa shape index (κ2) is 4.76. The van der Waals surface area contributed by atoms with E-state index in [1.807, 2.05) is 0 Å². The monoisotopic (exact) mass is 241 g/mol.